The van der Waals surface area contributed by atoms with Crippen LogP contribution in [0.25, 0.3) is 0 Å². The van der Waals surface area contributed by atoms with Crippen molar-refractivity contribution >= 4 is 11.6 Å². The maximum absolute atomic E-state index is 5.82. The van der Waals surface area contributed by atoms with Crippen LogP contribution < -0.4 is 9.47 Å². The third-order valence-corrected chi connectivity index (χ3v) is 1.94. The fourth-order valence-corrected chi connectivity index (χ4v) is 1.25. The van der Waals surface area contributed by atoms with Crippen molar-refractivity contribution in [1.82, 2.24) is 0 Å². The molecule has 0 aliphatic heterocycles. The molecule has 1 aromatic rings. The Morgan fingerprint density at radius 2 is 1.36 bits per heavy atom. The molecule has 0 saturated carbocycles. The summed E-state index contributed by atoms with van der Waals surface area (Å²) in [6.45, 7) is 5.92. The van der Waals surface area contributed by atoms with Gasteiger partial charge in [0.2, 0.25) is 0 Å². The van der Waals surface area contributed by atoms with Gasteiger partial charge < -0.3 is 9.47 Å². The lowest BCUT2D eigenvalue weighted by Gasteiger charge is -2.09. The first-order valence-electron chi connectivity index (χ1n) is 4.57. The molecule has 3 heteroatoms. The van der Waals surface area contributed by atoms with Gasteiger partial charge in [0, 0.05) is 10.6 Å². The van der Waals surface area contributed by atoms with Crippen LogP contribution in [0.5, 0.6) is 11.5 Å². The second kappa shape index (κ2) is 6.55. The Hall–Kier alpha value is -0.890. The van der Waals surface area contributed by atoms with E-state index in [4.69, 9.17) is 21.1 Å². The van der Waals surface area contributed by atoms with Gasteiger partial charge in [-0.05, 0) is 19.1 Å². The summed E-state index contributed by atoms with van der Waals surface area (Å²) in [6, 6.07) is 3.53. The SMILES string of the molecule is CC.COc1cc(Cl)cc(OC)c1C. The summed E-state index contributed by atoms with van der Waals surface area (Å²) < 4.78 is 10.2. The number of methoxy groups -OCH3 is 2. The van der Waals surface area contributed by atoms with Crippen molar-refractivity contribution in [2.45, 2.75) is 20.8 Å². The predicted molar refractivity (Wildman–Crippen MR) is 60.6 cm³/mol. The molecule has 0 unspecified atom stereocenters. The van der Waals surface area contributed by atoms with Crippen LogP contribution in [0.4, 0.5) is 0 Å². The Morgan fingerprint density at radius 3 is 1.64 bits per heavy atom. The normalized spacial score (nSPS) is 8.71. The molecule has 0 heterocycles. The molecule has 0 radical (unpaired) electrons. The zero-order valence-electron chi connectivity index (χ0n) is 9.35. The smallest absolute Gasteiger partial charge is 0.126 e. The quantitative estimate of drug-likeness (QED) is 0.751. The van der Waals surface area contributed by atoms with E-state index in [0.717, 1.165) is 17.1 Å². The molecule has 0 amide bonds. The molecule has 14 heavy (non-hydrogen) atoms. The minimum Gasteiger partial charge on any atom is -0.496 e. The van der Waals surface area contributed by atoms with Crippen LogP contribution in [0.3, 0.4) is 0 Å². The molecule has 0 aliphatic carbocycles. The molecule has 80 valence electrons. The van der Waals surface area contributed by atoms with Crippen LogP contribution in [-0.4, -0.2) is 14.2 Å². The predicted octanol–water partition coefficient (Wildman–Crippen LogP) is 3.69. The van der Waals surface area contributed by atoms with Gasteiger partial charge in [-0.1, -0.05) is 25.4 Å². The minimum atomic E-state index is 0.620. The monoisotopic (exact) mass is 216 g/mol. The van der Waals surface area contributed by atoms with E-state index in [-0.39, 0.29) is 0 Å². The van der Waals surface area contributed by atoms with Crippen LogP contribution >= 0.6 is 11.6 Å². The van der Waals surface area contributed by atoms with Gasteiger partial charge in [-0.3, -0.25) is 0 Å². The Morgan fingerprint density at radius 1 is 1.00 bits per heavy atom. The molecule has 0 fully saturated rings. The molecule has 0 aliphatic rings. The largest absolute Gasteiger partial charge is 0.496 e. The van der Waals surface area contributed by atoms with E-state index in [1.54, 1.807) is 26.4 Å². The third kappa shape index (κ3) is 3.11. The summed E-state index contributed by atoms with van der Waals surface area (Å²) in [4.78, 5) is 0. The fourth-order valence-electron chi connectivity index (χ4n) is 1.05. The van der Waals surface area contributed by atoms with Gasteiger partial charge in [-0.25, -0.2) is 0 Å². The lowest BCUT2D eigenvalue weighted by atomic mass is 10.2. The molecular formula is C11H17ClO2. The number of ether oxygens (including phenoxy) is 2. The second-order valence-electron chi connectivity index (χ2n) is 2.44. The van der Waals surface area contributed by atoms with Crippen LogP contribution in [-0.2, 0) is 0 Å². The average molecular weight is 217 g/mol. The molecule has 0 spiro atoms. The topological polar surface area (TPSA) is 18.5 Å². The van der Waals surface area contributed by atoms with Crippen molar-refractivity contribution in [3.05, 3.63) is 22.7 Å². The number of halogens is 1. The highest BCUT2D eigenvalue weighted by Crippen LogP contribution is 2.31. The fraction of sp³-hybridized carbons (Fsp3) is 0.455. The number of hydrogen-bond acceptors (Lipinski definition) is 2. The van der Waals surface area contributed by atoms with Crippen molar-refractivity contribution < 1.29 is 9.47 Å². The number of rotatable bonds is 2. The van der Waals surface area contributed by atoms with E-state index in [0.29, 0.717) is 5.02 Å². The van der Waals surface area contributed by atoms with Crippen LogP contribution in [0.2, 0.25) is 5.02 Å². The first kappa shape index (κ1) is 13.1. The number of hydrogen-bond donors (Lipinski definition) is 0. The summed E-state index contributed by atoms with van der Waals surface area (Å²) in [5.41, 5.74) is 0.962. The Balaban J connectivity index is 0.000000791. The Kier molecular flexibility index (Phi) is 6.13. The van der Waals surface area contributed by atoms with E-state index < -0.39 is 0 Å². The van der Waals surface area contributed by atoms with Crippen molar-refractivity contribution in [1.29, 1.82) is 0 Å². The molecule has 0 saturated heterocycles. The van der Waals surface area contributed by atoms with E-state index in [1.807, 2.05) is 20.8 Å². The lowest BCUT2D eigenvalue weighted by Crippen LogP contribution is -1.91. The number of benzene rings is 1. The third-order valence-electron chi connectivity index (χ3n) is 1.72. The minimum absolute atomic E-state index is 0.620. The van der Waals surface area contributed by atoms with Crippen molar-refractivity contribution in [2.75, 3.05) is 14.2 Å². The Bertz CT molecular complexity index is 260. The highest BCUT2D eigenvalue weighted by atomic mass is 35.5. The lowest BCUT2D eigenvalue weighted by molar-refractivity contribution is 0.389. The van der Waals surface area contributed by atoms with Crippen LogP contribution in [0.1, 0.15) is 19.4 Å². The van der Waals surface area contributed by atoms with Gasteiger partial charge >= 0.3 is 0 Å². The summed E-state index contributed by atoms with van der Waals surface area (Å²) >= 11 is 5.82. The molecule has 0 atom stereocenters. The van der Waals surface area contributed by atoms with E-state index in [9.17, 15) is 0 Å². The summed E-state index contributed by atoms with van der Waals surface area (Å²) in [5, 5.41) is 0.620. The molecule has 0 aromatic heterocycles. The van der Waals surface area contributed by atoms with Crippen LogP contribution in [0, 0.1) is 6.92 Å². The van der Waals surface area contributed by atoms with Gasteiger partial charge in [-0.2, -0.15) is 0 Å². The molecular weight excluding hydrogens is 200 g/mol. The van der Waals surface area contributed by atoms with E-state index >= 15 is 0 Å². The van der Waals surface area contributed by atoms with Gasteiger partial charge in [0.25, 0.3) is 0 Å². The second-order valence-corrected chi connectivity index (χ2v) is 2.87. The molecule has 0 N–H and O–H groups in total. The molecule has 1 rings (SSSR count). The zero-order chi connectivity index (χ0) is 11.1. The molecule has 1 aromatic carbocycles. The van der Waals surface area contributed by atoms with Crippen molar-refractivity contribution in [3.8, 4) is 11.5 Å². The van der Waals surface area contributed by atoms with Crippen molar-refractivity contribution in [3.63, 3.8) is 0 Å². The van der Waals surface area contributed by atoms with Gasteiger partial charge in [0.15, 0.2) is 0 Å². The van der Waals surface area contributed by atoms with Gasteiger partial charge in [0.05, 0.1) is 14.2 Å². The average Bonchev–Trinajstić information content (AvgIpc) is 2.23. The van der Waals surface area contributed by atoms with Gasteiger partial charge in [-0.15, -0.1) is 0 Å². The Labute approximate surface area is 90.8 Å². The summed E-state index contributed by atoms with van der Waals surface area (Å²) in [7, 11) is 3.22. The van der Waals surface area contributed by atoms with Crippen molar-refractivity contribution in [2.24, 2.45) is 0 Å². The standard InChI is InChI=1S/C9H11ClO2.C2H6/c1-6-8(11-2)4-7(10)5-9(6)12-3;1-2/h4-5H,1-3H3;1-2H3. The molecule has 0 bridgehead atoms. The van der Waals surface area contributed by atoms with E-state index in [1.165, 1.54) is 0 Å². The van der Waals surface area contributed by atoms with E-state index in [2.05, 4.69) is 0 Å². The maximum Gasteiger partial charge on any atom is 0.126 e. The zero-order valence-corrected chi connectivity index (χ0v) is 10.1. The maximum atomic E-state index is 5.82. The van der Waals surface area contributed by atoms with Crippen LogP contribution in [0.15, 0.2) is 12.1 Å². The first-order chi connectivity index (χ1) is 6.69. The summed E-state index contributed by atoms with van der Waals surface area (Å²) in [6.07, 6.45) is 0. The molecule has 2 nitrogen and oxygen atoms in total. The highest BCUT2D eigenvalue weighted by molar-refractivity contribution is 6.30. The van der Waals surface area contributed by atoms with Gasteiger partial charge in [0.1, 0.15) is 11.5 Å². The highest BCUT2D eigenvalue weighted by Gasteiger charge is 2.06. The summed E-state index contributed by atoms with van der Waals surface area (Å²) in [5.74, 6) is 1.50. The first-order valence-corrected chi connectivity index (χ1v) is 4.95.